The summed E-state index contributed by atoms with van der Waals surface area (Å²) >= 11 is 0. The maximum atomic E-state index is 12.2. The molecule has 0 N–H and O–H groups in total. The van der Waals surface area contributed by atoms with Gasteiger partial charge in [0.25, 0.3) is 0 Å². The van der Waals surface area contributed by atoms with Crippen LogP contribution in [0.1, 0.15) is 25.2 Å². The van der Waals surface area contributed by atoms with Crippen LogP contribution in [0.3, 0.4) is 0 Å². The van der Waals surface area contributed by atoms with Crippen molar-refractivity contribution in [3.63, 3.8) is 0 Å². The Morgan fingerprint density at radius 3 is 2.17 bits per heavy atom. The van der Waals surface area contributed by atoms with E-state index in [9.17, 15) is 13.2 Å². The predicted molar refractivity (Wildman–Crippen MR) is 62.4 cm³/mol. The van der Waals surface area contributed by atoms with Crippen LogP contribution >= 0.6 is 0 Å². The molecule has 0 fully saturated rings. The quantitative estimate of drug-likeness (QED) is 0.781. The summed E-state index contributed by atoms with van der Waals surface area (Å²) in [5, 5.41) is 4.07. The average Bonchev–Trinajstić information content (AvgIpc) is 2.78. The second-order valence-corrected chi connectivity index (χ2v) is 3.30. The SMILES string of the molecule is CC.Cc1ccn(-c2ccc(C(F)(F)F)nc2)n1. The summed E-state index contributed by atoms with van der Waals surface area (Å²) in [7, 11) is 0. The van der Waals surface area contributed by atoms with E-state index in [1.807, 2.05) is 13.8 Å². The molecule has 0 aliphatic carbocycles. The number of aromatic nitrogens is 3. The van der Waals surface area contributed by atoms with Crippen molar-refractivity contribution in [1.82, 2.24) is 14.8 Å². The second kappa shape index (κ2) is 5.66. The summed E-state index contributed by atoms with van der Waals surface area (Å²) in [6.07, 6.45) is -1.59. The van der Waals surface area contributed by atoms with E-state index in [2.05, 4.69) is 10.1 Å². The predicted octanol–water partition coefficient (Wildman–Crippen LogP) is 3.62. The van der Waals surface area contributed by atoms with Crippen molar-refractivity contribution in [2.45, 2.75) is 26.9 Å². The summed E-state index contributed by atoms with van der Waals surface area (Å²) in [6, 6.07) is 4.03. The number of hydrogen-bond acceptors (Lipinski definition) is 2. The molecule has 0 saturated carbocycles. The Labute approximate surface area is 103 Å². The van der Waals surface area contributed by atoms with Gasteiger partial charge in [-0.15, -0.1) is 0 Å². The molecule has 2 aromatic heterocycles. The molecule has 2 rings (SSSR count). The third-order valence-corrected chi connectivity index (χ3v) is 2.03. The number of halogens is 3. The third-order valence-electron chi connectivity index (χ3n) is 2.03. The fraction of sp³-hybridized carbons (Fsp3) is 0.333. The highest BCUT2D eigenvalue weighted by atomic mass is 19.4. The van der Waals surface area contributed by atoms with Crippen molar-refractivity contribution >= 4 is 0 Å². The van der Waals surface area contributed by atoms with Crippen LogP contribution in [0, 0.1) is 6.92 Å². The van der Waals surface area contributed by atoms with Crippen LogP contribution in [-0.2, 0) is 6.18 Å². The molecule has 18 heavy (non-hydrogen) atoms. The Bertz CT molecular complexity index is 486. The third kappa shape index (κ3) is 3.32. The highest BCUT2D eigenvalue weighted by Crippen LogP contribution is 2.27. The first-order valence-corrected chi connectivity index (χ1v) is 5.53. The van der Waals surface area contributed by atoms with Crippen LogP contribution < -0.4 is 0 Å². The minimum Gasteiger partial charge on any atom is -0.250 e. The van der Waals surface area contributed by atoms with Gasteiger partial charge < -0.3 is 0 Å². The molecule has 0 saturated heterocycles. The molecule has 3 nitrogen and oxygen atoms in total. The van der Waals surface area contributed by atoms with E-state index in [0.717, 1.165) is 18.0 Å². The smallest absolute Gasteiger partial charge is 0.250 e. The summed E-state index contributed by atoms with van der Waals surface area (Å²) in [5.74, 6) is 0. The summed E-state index contributed by atoms with van der Waals surface area (Å²) in [6.45, 7) is 5.80. The molecule has 0 aromatic carbocycles. The van der Waals surface area contributed by atoms with E-state index in [1.54, 1.807) is 19.2 Å². The molecule has 0 amide bonds. The van der Waals surface area contributed by atoms with Gasteiger partial charge in [0.1, 0.15) is 5.69 Å². The standard InChI is InChI=1S/C10H8F3N3.C2H6/c1-7-4-5-16(15-7)8-2-3-9(14-6-8)10(11,12)13;1-2/h2-6H,1H3;1-2H3. The van der Waals surface area contributed by atoms with Crippen LogP contribution in [0.5, 0.6) is 0 Å². The van der Waals surface area contributed by atoms with Crippen molar-refractivity contribution in [3.05, 3.63) is 42.0 Å². The molecule has 0 unspecified atom stereocenters. The molecule has 2 heterocycles. The minimum absolute atomic E-state index is 0.501. The largest absolute Gasteiger partial charge is 0.433 e. The molecule has 6 heteroatoms. The van der Waals surface area contributed by atoms with Crippen molar-refractivity contribution in [1.29, 1.82) is 0 Å². The molecular weight excluding hydrogens is 243 g/mol. The van der Waals surface area contributed by atoms with Gasteiger partial charge in [0, 0.05) is 6.20 Å². The molecule has 0 aliphatic heterocycles. The topological polar surface area (TPSA) is 30.7 Å². The highest BCUT2D eigenvalue weighted by Gasteiger charge is 2.32. The number of rotatable bonds is 1. The van der Waals surface area contributed by atoms with Crippen LogP contribution in [0.15, 0.2) is 30.6 Å². The average molecular weight is 257 g/mol. The Morgan fingerprint density at radius 1 is 1.11 bits per heavy atom. The Kier molecular flexibility index (Phi) is 4.47. The highest BCUT2D eigenvalue weighted by molar-refractivity contribution is 5.29. The Morgan fingerprint density at radius 2 is 1.78 bits per heavy atom. The van der Waals surface area contributed by atoms with E-state index in [4.69, 9.17) is 0 Å². The van der Waals surface area contributed by atoms with Crippen molar-refractivity contribution in [2.75, 3.05) is 0 Å². The Balaban J connectivity index is 0.000000771. The summed E-state index contributed by atoms with van der Waals surface area (Å²) in [5.41, 5.74) is 0.390. The molecule has 0 aliphatic rings. The van der Waals surface area contributed by atoms with Gasteiger partial charge in [-0.2, -0.15) is 18.3 Å². The lowest BCUT2D eigenvalue weighted by Gasteiger charge is -2.06. The number of alkyl halides is 3. The van der Waals surface area contributed by atoms with Crippen LogP contribution in [0.4, 0.5) is 13.2 Å². The first-order chi connectivity index (χ1) is 8.47. The molecule has 0 bridgehead atoms. The maximum Gasteiger partial charge on any atom is 0.433 e. The molecule has 0 radical (unpaired) electrons. The van der Waals surface area contributed by atoms with Gasteiger partial charge in [-0.3, -0.25) is 0 Å². The van der Waals surface area contributed by atoms with E-state index in [0.29, 0.717) is 5.69 Å². The number of aryl methyl sites for hydroxylation is 1. The van der Waals surface area contributed by atoms with E-state index < -0.39 is 11.9 Å². The zero-order chi connectivity index (χ0) is 13.8. The van der Waals surface area contributed by atoms with Crippen molar-refractivity contribution in [3.8, 4) is 5.69 Å². The molecule has 2 aromatic rings. The Hall–Kier alpha value is -1.85. The van der Waals surface area contributed by atoms with Gasteiger partial charge >= 0.3 is 6.18 Å². The number of nitrogens with zero attached hydrogens (tertiary/aromatic N) is 3. The van der Waals surface area contributed by atoms with Crippen LogP contribution in [0.2, 0.25) is 0 Å². The van der Waals surface area contributed by atoms with Gasteiger partial charge in [0.05, 0.1) is 17.6 Å². The lowest BCUT2D eigenvalue weighted by atomic mass is 10.3. The van der Waals surface area contributed by atoms with E-state index in [1.165, 1.54) is 10.7 Å². The van der Waals surface area contributed by atoms with Crippen LogP contribution in [-0.4, -0.2) is 14.8 Å². The number of pyridine rings is 1. The molecule has 0 spiro atoms. The zero-order valence-electron chi connectivity index (χ0n) is 10.4. The first kappa shape index (κ1) is 14.2. The minimum atomic E-state index is -4.40. The van der Waals surface area contributed by atoms with Crippen molar-refractivity contribution < 1.29 is 13.2 Å². The van der Waals surface area contributed by atoms with Gasteiger partial charge in [-0.25, -0.2) is 9.67 Å². The van der Waals surface area contributed by atoms with E-state index in [-0.39, 0.29) is 0 Å². The summed E-state index contributed by atoms with van der Waals surface area (Å²) < 4.78 is 38.2. The first-order valence-electron chi connectivity index (χ1n) is 5.53. The van der Waals surface area contributed by atoms with Crippen LogP contribution in [0.25, 0.3) is 5.69 Å². The maximum absolute atomic E-state index is 12.2. The lowest BCUT2D eigenvalue weighted by Crippen LogP contribution is -2.08. The molecular formula is C12H14F3N3. The fourth-order valence-corrected chi connectivity index (χ4v) is 1.25. The molecule has 0 atom stereocenters. The fourth-order valence-electron chi connectivity index (χ4n) is 1.25. The monoisotopic (exact) mass is 257 g/mol. The lowest BCUT2D eigenvalue weighted by molar-refractivity contribution is -0.141. The van der Waals surface area contributed by atoms with Gasteiger partial charge in [-0.1, -0.05) is 13.8 Å². The van der Waals surface area contributed by atoms with Gasteiger partial charge in [0.2, 0.25) is 0 Å². The van der Waals surface area contributed by atoms with Gasteiger partial charge in [-0.05, 0) is 25.1 Å². The summed E-state index contributed by atoms with van der Waals surface area (Å²) in [4.78, 5) is 3.35. The normalized spacial score (nSPS) is 10.8. The second-order valence-electron chi connectivity index (χ2n) is 3.30. The van der Waals surface area contributed by atoms with Gasteiger partial charge in [0.15, 0.2) is 0 Å². The molecule has 98 valence electrons. The van der Waals surface area contributed by atoms with E-state index >= 15 is 0 Å². The zero-order valence-corrected chi connectivity index (χ0v) is 10.4. The van der Waals surface area contributed by atoms with Crippen molar-refractivity contribution in [2.24, 2.45) is 0 Å². The number of hydrogen-bond donors (Lipinski definition) is 0.